The number of piperidine rings is 1. The second-order valence-electron chi connectivity index (χ2n) is 5.08. The van der Waals surface area contributed by atoms with Gasteiger partial charge in [0.25, 0.3) is 0 Å². The predicted molar refractivity (Wildman–Crippen MR) is 77.4 cm³/mol. The minimum atomic E-state index is 0.0363. The fourth-order valence-corrected chi connectivity index (χ4v) is 2.15. The van der Waals surface area contributed by atoms with Crippen LogP contribution in [0.4, 0.5) is 11.9 Å². The van der Waals surface area contributed by atoms with Gasteiger partial charge in [-0.2, -0.15) is 15.0 Å². The number of rotatable bonds is 5. The zero-order valence-corrected chi connectivity index (χ0v) is 12.6. The van der Waals surface area contributed by atoms with Gasteiger partial charge in [0, 0.05) is 27.2 Å². The Morgan fingerprint density at radius 3 is 2.45 bits per heavy atom. The number of nitrogens with one attached hydrogen (secondary N) is 1. The highest BCUT2D eigenvalue weighted by atomic mass is 16.5. The highest BCUT2D eigenvalue weighted by molar-refractivity contribution is 5.38. The summed E-state index contributed by atoms with van der Waals surface area (Å²) in [7, 11) is 3.55. The Balaban J connectivity index is 2.14. The van der Waals surface area contributed by atoms with Crippen molar-refractivity contribution in [3.63, 3.8) is 0 Å². The van der Waals surface area contributed by atoms with Gasteiger partial charge in [-0.3, -0.25) is 0 Å². The van der Waals surface area contributed by atoms with Crippen molar-refractivity contribution in [3.05, 3.63) is 0 Å². The Morgan fingerprint density at radius 1 is 1.20 bits per heavy atom. The van der Waals surface area contributed by atoms with Gasteiger partial charge in [-0.05, 0) is 26.7 Å². The number of methoxy groups -OCH3 is 1. The van der Waals surface area contributed by atoms with E-state index >= 15 is 0 Å². The van der Waals surface area contributed by atoms with E-state index in [1.165, 1.54) is 0 Å². The van der Waals surface area contributed by atoms with Crippen molar-refractivity contribution in [2.45, 2.75) is 38.9 Å². The fourth-order valence-electron chi connectivity index (χ4n) is 2.15. The number of ether oxygens (including phenoxy) is 2. The maximum atomic E-state index is 5.58. The first kappa shape index (κ1) is 14.8. The van der Waals surface area contributed by atoms with E-state index in [4.69, 9.17) is 9.47 Å². The lowest BCUT2D eigenvalue weighted by molar-refractivity contribution is 0.0816. The van der Waals surface area contributed by atoms with Crippen LogP contribution in [0.25, 0.3) is 0 Å². The summed E-state index contributed by atoms with van der Waals surface area (Å²) in [5.41, 5.74) is 0. The van der Waals surface area contributed by atoms with Crippen LogP contribution in [0.15, 0.2) is 0 Å². The van der Waals surface area contributed by atoms with E-state index in [0.29, 0.717) is 24.0 Å². The summed E-state index contributed by atoms with van der Waals surface area (Å²) in [4.78, 5) is 15.2. The minimum absolute atomic E-state index is 0.0363. The van der Waals surface area contributed by atoms with Gasteiger partial charge in [-0.1, -0.05) is 0 Å². The molecular formula is C13H23N5O2. The van der Waals surface area contributed by atoms with E-state index in [0.717, 1.165) is 25.9 Å². The van der Waals surface area contributed by atoms with Gasteiger partial charge >= 0.3 is 6.01 Å². The maximum Gasteiger partial charge on any atom is 0.323 e. The van der Waals surface area contributed by atoms with Crippen LogP contribution in [0.5, 0.6) is 6.01 Å². The van der Waals surface area contributed by atoms with E-state index in [-0.39, 0.29) is 6.10 Å². The van der Waals surface area contributed by atoms with Crippen molar-refractivity contribution in [1.29, 1.82) is 0 Å². The average Bonchev–Trinajstić information content (AvgIpc) is 2.46. The molecule has 7 nitrogen and oxygen atoms in total. The van der Waals surface area contributed by atoms with Crippen molar-refractivity contribution in [3.8, 4) is 6.01 Å². The van der Waals surface area contributed by atoms with Gasteiger partial charge in [0.05, 0.1) is 12.2 Å². The van der Waals surface area contributed by atoms with Gasteiger partial charge in [0.2, 0.25) is 11.9 Å². The van der Waals surface area contributed by atoms with Crippen LogP contribution in [0.1, 0.15) is 26.7 Å². The smallest absolute Gasteiger partial charge is 0.323 e. The summed E-state index contributed by atoms with van der Waals surface area (Å²) in [5, 5.41) is 2.95. The van der Waals surface area contributed by atoms with E-state index < -0.39 is 0 Å². The number of hydrogen-bond acceptors (Lipinski definition) is 7. The number of hydrogen-bond donors (Lipinski definition) is 1. The van der Waals surface area contributed by atoms with Crippen molar-refractivity contribution in [2.75, 3.05) is 37.5 Å². The molecule has 112 valence electrons. The van der Waals surface area contributed by atoms with Crippen LogP contribution < -0.4 is 15.0 Å². The van der Waals surface area contributed by atoms with Crippen molar-refractivity contribution in [1.82, 2.24) is 15.0 Å². The van der Waals surface area contributed by atoms with E-state index in [2.05, 4.69) is 25.2 Å². The third-order valence-corrected chi connectivity index (χ3v) is 3.23. The van der Waals surface area contributed by atoms with Crippen LogP contribution in [0, 0.1) is 0 Å². The monoisotopic (exact) mass is 281 g/mol. The molecule has 0 aliphatic carbocycles. The lowest BCUT2D eigenvalue weighted by Crippen LogP contribution is -2.37. The molecule has 0 unspecified atom stereocenters. The zero-order chi connectivity index (χ0) is 14.5. The van der Waals surface area contributed by atoms with Gasteiger partial charge in [0.1, 0.15) is 0 Å². The molecule has 1 N–H and O–H groups in total. The molecule has 1 fully saturated rings. The molecule has 0 amide bonds. The lowest BCUT2D eigenvalue weighted by Gasteiger charge is -2.31. The largest absolute Gasteiger partial charge is 0.461 e. The van der Waals surface area contributed by atoms with E-state index in [1.807, 2.05) is 13.8 Å². The molecule has 0 bridgehead atoms. The molecule has 0 atom stereocenters. The SMILES string of the molecule is CNc1nc(OC(C)C)nc(N2CCC(OC)CC2)n1. The topological polar surface area (TPSA) is 72.4 Å². The molecule has 1 aromatic heterocycles. The maximum absolute atomic E-state index is 5.58. The standard InChI is InChI=1S/C13H23N5O2/c1-9(2)20-13-16-11(14-3)15-12(17-13)18-7-5-10(19-4)6-8-18/h9-10H,5-8H2,1-4H3,(H,14,15,16,17). The first-order valence-electron chi connectivity index (χ1n) is 7.00. The summed E-state index contributed by atoms with van der Waals surface area (Å²) in [6.07, 6.45) is 2.34. The summed E-state index contributed by atoms with van der Waals surface area (Å²) in [6, 6.07) is 0.364. The molecule has 20 heavy (non-hydrogen) atoms. The predicted octanol–water partition coefficient (Wildman–Crippen LogP) is 1.32. The van der Waals surface area contributed by atoms with Crippen LogP contribution in [0.2, 0.25) is 0 Å². The third kappa shape index (κ3) is 3.69. The first-order chi connectivity index (χ1) is 9.62. The second kappa shape index (κ2) is 6.69. The number of anilines is 2. The van der Waals surface area contributed by atoms with Crippen LogP contribution in [-0.4, -0.2) is 54.4 Å². The first-order valence-corrected chi connectivity index (χ1v) is 7.00. The Labute approximate surface area is 119 Å². The number of aromatic nitrogens is 3. The van der Waals surface area contributed by atoms with E-state index in [1.54, 1.807) is 14.2 Å². The van der Waals surface area contributed by atoms with Crippen LogP contribution >= 0.6 is 0 Å². The Hall–Kier alpha value is -1.63. The third-order valence-electron chi connectivity index (χ3n) is 3.23. The van der Waals surface area contributed by atoms with Gasteiger partial charge in [0.15, 0.2) is 0 Å². The van der Waals surface area contributed by atoms with Gasteiger partial charge in [-0.25, -0.2) is 0 Å². The Bertz CT molecular complexity index is 433. The van der Waals surface area contributed by atoms with Crippen molar-refractivity contribution in [2.24, 2.45) is 0 Å². The van der Waals surface area contributed by atoms with Crippen molar-refractivity contribution < 1.29 is 9.47 Å². The molecule has 1 aliphatic heterocycles. The molecule has 2 heterocycles. The molecule has 0 aromatic carbocycles. The molecular weight excluding hydrogens is 258 g/mol. The zero-order valence-electron chi connectivity index (χ0n) is 12.6. The van der Waals surface area contributed by atoms with Crippen LogP contribution in [0.3, 0.4) is 0 Å². The molecule has 1 saturated heterocycles. The summed E-state index contributed by atoms with van der Waals surface area (Å²) < 4.78 is 11.0. The Morgan fingerprint density at radius 2 is 1.90 bits per heavy atom. The Kier molecular flexibility index (Phi) is 4.94. The molecule has 0 radical (unpaired) electrons. The van der Waals surface area contributed by atoms with Crippen molar-refractivity contribution >= 4 is 11.9 Å². The summed E-state index contributed by atoms with van der Waals surface area (Å²) >= 11 is 0. The van der Waals surface area contributed by atoms with Gasteiger partial charge in [-0.15, -0.1) is 0 Å². The summed E-state index contributed by atoms with van der Waals surface area (Å²) in [5.74, 6) is 1.19. The van der Waals surface area contributed by atoms with Gasteiger partial charge < -0.3 is 19.7 Å². The quantitative estimate of drug-likeness (QED) is 0.872. The van der Waals surface area contributed by atoms with E-state index in [9.17, 15) is 0 Å². The fraction of sp³-hybridized carbons (Fsp3) is 0.769. The molecule has 1 aliphatic rings. The average molecular weight is 281 g/mol. The minimum Gasteiger partial charge on any atom is -0.461 e. The highest BCUT2D eigenvalue weighted by Gasteiger charge is 2.22. The molecule has 2 rings (SSSR count). The molecule has 0 spiro atoms. The molecule has 7 heteroatoms. The number of nitrogens with zero attached hydrogens (tertiary/aromatic N) is 4. The highest BCUT2D eigenvalue weighted by Crippen LogP contribution is 2.20. The second-order valence-corrected chi connectivity index (χ2v) is 5.08. The summed E-state index contributed by atoms with van der Waals surface area (Å²) in [6.45, 7) is 5.67. The van der Waals surface area contributed by atoms with Crippen LogP contribution in [-0.2, 0) is 4.74 Å². The normalized spacial score (nSPS) is 16.6. The lowest BCUT2D eigenvalue weighted by atomic mass is 10.1. The molecule has 1 aromatic rings. The molecule has 0 saturated carbocycles.